The van der Waals surface area contributed by atoms with Crippen LogP contribution in [0.4, 0.5) is 0 Å². The average Bonchev–Trinajstić information content (AvgIpc) is 2.27. The van der Waals surface area contributed by atoms with E-state index in [1.165, 1.54) is 10.3 Å². The molecule has 0 amide bonds. The van der Waals surface area contributed by atoms with Gasteiger partial charge in [0.15, 0.2) is 0 Å². The Morgan fingerprint density at radius 3 is 1.05 bits per heavy atom. The maximum atomic E-state index is 6.47. The smallest absolute Gasteiger partial charge is 0.0928 e. The molecule has 112 valence electrons. The monoisotopic (exact) mass is 938 g/mol. The third kappa shape index (κ3) is 8.47. The minimum atomic E-state index is 0.175. The Kier molecular flexibility index (Phi) is 13.7. The van der Waals surface area contributed by atoms with Crippen LogP contribution in [0.25, 0.3) is 0 Å². The van der Waals surface area contributed by atoms with Crippen LogP contribution in [0.3, 0.4) is 0 Å². The summed E-state index contributed by atoms with van der Waals surface area (Å²) in [5.74, 6) is 0.951. The standard InChI is InChI=1S/C12H16I6O/c1-5(2)9(7(13)11(15)16)19-10(6(3)4)8(14)12(17)18/h5-6,9-10H,1-4H3. The van der Waals surface area contributed by atoms with Crippen LogP contribution in [0.5, 0.6) is 0 Å². The van der Waals surface area contributed by atoms with Crippen molar-refractivity contribution >= 4 is 136 Å². The lowest BCUT2D eigenvalue weighted by atomic mass is 10.0. The van der Waals surface area contributed by atoms with Crippen molar-refractivity contribution in [2.45, 2.75) is 39.9 Å². The summed E-state index contributed by atoms with van der Waals surface area (Å²) in [6.07, 6.45) is 0.349. The molecule has 1 nitrogen and oxygen atoms in total. The van der Waals surface area contributed by atoms with Crippen molar-refractivity contribution in [1.82, 2.24) is 0 Å². The quantitative estimate of drug-likeness (QED) is 0.246. The number of hydrogen-bond acceptors (Lipinski definition) is 1. The molecule has 0 aromatic carbocycles. The highest BCUT2D eigenvalue weighted by atomic mass is 127. The maximum Gasteiger partial charge on any atom is 0.0928 e. The van der Waals surface area contributed by atoms with Gasteiger partial charge in [0.1, 0.15) is 0 Å². The molecule has 0 spiro atoms. The summed E-state index contributed by atoms with van der Waals surface area (Å²) in [6, 6.07) is 0. The Bertz CT molecular complexity index is 319. The van der Waals surface area contributed by atoms with Crippen LogP contribution < -0.4 is 0 Å². The van der Waals surface area contributed by atoms with E-state index in [1.54, 1.807) is 0 Å². The Morgan fingerprint density at radius 1 is 0.632 bits per heavy atom. The van der Waals surface area contributed by atoms with Crippen molar-refractivity contribution < 1.29 is 4.74 Å². The van der Waals surface area contributed by atoms with Crippen LogP contribution in [0.2, 0.25) is 0 Å². The van der Waals surface area contributed by atoms with Crippen LogP contribution in [-0.4, -0.2) is 12.2 Å². The topological polar surface area (TPSA) is 9.23 Å². The van der Waals surface area contributed by atoms with E-state index in [-0.39, 0.29) is 12.2 Å². The minimum Gasteiger partial charge on any atom is -0.364 e. The molecule has 0 aliphatic carbocycles. The molecule has 19 heavy (non-hydrogen) atoms. The molecule has 0 bridgehead atoms. The number of rotatable bonds is 6. The molecule has 0 aliphatic heterocycles. The van der Waals surface area contributed by atoms with Gasteiger partial charge >= 0.3 is 0 Å². The van der Waals surface area contributed by atoms with Crippen molar-refractivity contribution in [2.24, 2.45) is 11.8 Å². The zero-order chi connectivity index (χ0) is 15.3. The van der Waals surface area contributed by atoms with E-state index in [0.717, 1.165) is 0 Å². The Morgan fingerprint density at radius 2 is 0.895 bits per heavy atom. The van der Waals surface area contributed by atoms with Crippen molar-refractivity contribution in [3.63, 3.8) is 0 Å². The summed E-state index contributed by atoms with van der Waals surface area (Å²) < 4.78 is 11.7. The van der Waals surface area contributed by atoms with Gasteiger partial charge in [0.05, 0.1) is 15.4 Å². The van der Waals surface area contributed by atoms with Gasteiger partial charge in [-0.25, -0.2) is 0 Å². The lowest BCUT2D eigenvalue weighted by Crippen LogP contribution is -2.30. The second-order valence-corrected chi connectivity index (χ2v) is 15.4. The van der Waals surface area contributed by atoms with Gasteiger partial charge in [-0.05, 0) is 147 Å². The SMILES string of the molecule is CC(C)C(OC(C(I)=C(I)I)C(C)C)C(I)=C(I)I. The van der Waals surface area contributed by atoms with E-state index >= 15 is 0 Å². The van der Waals surface area contributed by atoms with Crippen molar-refractivity contribution in [1.29, 1.82) is 0 Å². The zero-order valence-electron chi connectivity index (χ0n) is 11.0. The van der Waals surface area contributed by atoms with Crippen LogP contribution >= 0.6 is 136 Å². The van der Waals surface area contributed by atoms with Crippen molar-refractivity contribution in [3.05, 3.63) is 10.3 Å². The lowest BCUT2D eigenvalue weighted by molar-refractivity contribution is -0.00763. The Labute approximate surface area is 198 Å². The Balaban J connectivity index is 5.32. The fourth-order valence-corrected chi connectivity index (χ4v) is 4.35. The molecular formula is C12H16I6O. The summed E-state index contributed by atoms with van der Waals surface area (Å²) in [5.41, 5.74) is 0. The third-order valence-corrected chi connectivity index (χ3v) is 11.1. The number of ether oxygens (including phenoxy) is 1. The molecule has 0 saturated heterocycles. The van der Waals surface area contributed by atoms with E-state index in [2.05, 4.69) is 163 Å². The molecule has 0 saturated carbocycles. The molecule has 0 aromatic rings. The first kappa shape index (κ1) is 22.8. The molecule has 0 rings (SSSR count). The number of hydrogen-bond donors (Lipinski definition) is 0. The van der Waals surface area contributed by atoms with E-state index in [1.807, 2.05) is 0 Å². The van der Waals surface area contributed by atoms with Gasteiger partial charge in [0.2, 0.25) is 0 Å². The second kappa shape index (κ2) is 11.4. The van der Waals surface area contributed by atoms with Gasteiger partial charge in [-0.2, -0.15) is 0 Å². The summed E-state index contributed by atoms with van der Waals surface area (Å²) in [6.45, 7) is 8.90. The first-order valence-electron chi connectivity index (χ1n) is 5.66. The predicted octanol–water partition coefficient (Wildman–Crippen LogP) is 8.00. The average molecular weight is 938 g/mol. The maximum absolute atomic E-state index is 6.47. The fraction of sp³-hybridized carbons (Fsp3) is 0.667. The van der Waals surface area contributed by atoms with Gasteiger partial charge < -0.3 is 4.74 Å². The minimum absolute atomic E-state index is 0.175. The van der Waals surface area contributed by atoms with Crippen LogP contribution in [0.15, 0.2) is 10.3 Å². The van der Waals surface area contributed by atoms with Crippen LogP contribution in [-0.2, 0) is 4.74 Å². The zero-order valence-corrected chi connectivity index (χ0v) is 23.9. The van der Waals surface area contributed by atoms with Crippen molar-refractivity contribution in [2.75, 3.05) is 0 Å². The molecule has 2 atom stereocenters. The first-order valence-corrected chi connectivity index (χ1v) is 12.1. The normalized spacial score (nSPS) is 14.5. The van der Waals surface area contributed by atoms with Gasteiger partial charge in [-0.15, -0.1) is 0 Å². The van der Waals surface area contributed by atoms with Gasteiger partial charge in [0, 0.05) is 7.16 Å². The second-order valence-electron chi connectivity index (χ2n) is 4.68. The summed E-state index contributed by atoms with van der Waals surface area (Å²) in [5, 5.41) is 0. The summed E-state index contributed by atoms with van der Waals surface area (Å²) >= 11 is 14.3. The van der Waals surface area contributed by atoms with Crippen LogP contribution in [0, 0.1) is 11.8 Å². The highest BCUT2D eigenvalue weighted by molar-refractivity contribution is 14.2. The summed E-state index contributed by atoms with van der Waals surface area (Å²) in [4.78, 5) is 0. The molecule has 0 heterocycles. The molecule has 0 aliphatic rings. The molecular weight excluding hydrogens is 922 g/mol. The predicted molar refractivity (Wildman–Crippen MR) is 137 cm³/mol. The van der Waals surface area contributed by atoms with E-state index in [0.29, 0.717) is 11.8 Å². The van der Waals surface area contributed by atoms with E-state index < -0.39 is 0 Å². The largest absolute Gasteiger partial charge is 0.364 e. The van der Waals surface area contributed by atoms with Gasteiger partial charge in [0.25, 0.3) is 0 Å². The molecule has 0 fully saturated rings. The first-order chi connectivity index (χ1) is 8.59. The molecule has 2 unspecified atom stereocenters. The fourth-order valence-electron chi connectivity index (χ4n) is 1.39. The summed E-state index contributed by atoms with van der Waals surface area (Å²) in [7, 11) is 0. The van der Waals surface area contributed by atoms with Gasteiger partial charge in [-0.3, -0.25) is 0 Å². The lowest BCUT2D eigenvalue weighted by Gasteiger charge is -2.30. The Hall–Kier alpha value is 3.82. The molecule has 7 heteroatoms. The van der Waals surface area contributed by atoms with E-state index in [4.69, 9.17) is 4.74 Å². The number of halogens is 6. The molecule has 0 N–H and O–H groups in total. The van der Waals surface area contributed by atoms with Gasteiger partial charge in [-0.1, -0.05) is 27.7 Å². The molecule has 0 aromatic heterocycles. The third-order valence-electron chi connectivity index (χ3n) is 2.36. The van der Waals surface area contributed by atoms with Crippen molar-refractivity contribution in [3.8, 4) is 0 Å². The van der Waals surface area contributed by atoms with E-state index in [9.17, 15) is 0 Å². The van der Waals surface area contributed by atoms with Crippen LogP contribution in [0.1, 0.15) is 27.7 Å². The highest BCUT2D eigenvalue weighted by Crippen LogP contribution is 2.38. The highest BCUT2D eigenvalue weighted by Gasteiger charge is 2.27. The molecule has 0 radical (unpaired) electrons.